The van der Waals surface area contributed by atoms with E-state index in [1.54, 1.807) is 10.9 Å². The molecule has 0 atom stereocenters. The second-order valence-corrected chi connectivity index (χ2v) is 4.85. The maximum Gasteiger partial charge on any atom is 0.240 e. The van der Waals surface area contributed by atoms with Gasteiger partial charge in [0.25, 0.3) is 0 Å². The third-order valence-electron chi connectivity index (χ3n) is 3.55. The van der Waals surface area contributed by atoms with Crippen LogP contribution in [0.25, 0.3) is 0 Å². The fourth-order valence-corrected chi connectivity index (χ4v) is 2.33. The zero-order valence-corrected chi connectivity index (χ0v) is 10.3. The Hall–Kier alpha value is -1.36. The highest BCUT2D eigenvalue weighted by Crippen LogP contribution is 2.25. The van der Waals surface area contributed by atoms with E-state index < -0.39 is 5.54 Å². The summed E-state index contributed by atoms with van der Waals surface area (Å²) in [7, 11) is 1.86. The van der Waals surface area contributed by atoms with Crippen molar-refractivity contribution in [2.24, 2.45) is 12.8 Å². The number of carbonyl (C=O) groups is 1. The molecule has 1 aliphatic carbocycles. The fraction of sp³-hybridized carbons (Fsp3) is 0.667. The molecule has 5 nitrogen and oxygen atoms in total. The van der Waals surface area contributed by atoms with E-state index in [0.717, 1.165) is 31.4 Å². The maximum atomic E-state index is 12.1. The van der Waals surface area contributed by atoms with Crippen molar-refractivity contribution in [3.8, 4) is 0 Å². The lowest BCUT2D eigenvalue weighted by atomic mass is 9.82. The van der Waals surface area contributed by atoms with Crippen LogP contribution in [-0.2, 0) is 18.4 Å². The molecule has 1 saturated carbocycles. The number of aromatic nitrogens is 2. The SMILES string of the molecule is Cn1nccc1CNC(=O)C1(N)CCCCC1. The minimum Gasteiger partial charge on any atom is -0.349 e. The summed E-state index contributed by atoms with van der Waals surface area (Å²) in [5.74, 6) is -0.0293. The number of amides is 1. The van der Waals surface area contributed by atoms with Gasteiger partial charge in [0.05, 0.1) is 17.8 Å². The Bertz CT molecular complexity index is 393. The topological polar surface area (TPSA) is 72.9 Å². The molecule has 17 heavy (non-hydrogen) atoms. The van der Waals surface area contributed by atoms with Gasteiger partial charge in [-0.1, -0.05) is 19.3 Å². The van der Waals surface area contributed by atoms with Crippen molar-refractivity contribution in [3.05, 3.63) is 18.0 Å². The minimum absolute atomic E-state index is 0.0293. The Labute approximate surface area is 101 Å². The molecule has 1 heterocycles. The molecule has 3 N–H and O–H groups in total. The molecule has 0 spiro atoms. The summed E-state index contributed by atoms with van der Waals surface area (Å²) >= 11 is 0. The largest absolute Gasteiger partial charge is 0.349 e. The zero-order chi connectivity index (χ0) is 12.3. The molecule has 0 bridgehead atoms. The zero-order valence-electron chi connectivity index (χ0n) is 10.3. The van der Waals surface area contributed by atoms with E-state index >= 15 is 0 Å². The monoisotopic (exact) mass is 236 g/mol. The Morgan fingerprint density at radius 3 is 2.82 bits per heavy atom. The second kappa shape index (κ2) is 4.87. The summed E-state index contributed by atoms with van der Waals surface area (Å²) in [4.78, 5) is 12.1. The smallest absolute Gasteiger partial charge is 0.240 e. The molecule has 2 rings (SSSR count). The number of hydrogen-bond acceptors (Lipinski definition) is 3. The number of aryl methyl sites for hydroxylation is 1. The Balaban J connectivity index is 1.91. The van der Waals surface area contributed by atoms with Crippen molar-refractivity contribution in [1.29, 1.82) is 0 Å². The highest BCUT2D eigenvalue weighted by Gasteiger charge is 2.34. The van der Waals surface area contributed by atoms with Crippen molar-refractivity contribution < 1.29 is 4.79 Å². The average Bonchev–Trinajstić information content (AvgIpc) is 2.73. The van der Waals surface area contributed by atoms with Crippen molar-refractivity contribution >= 4 is 5.91 Å². The molecule has 94 valence electrons. The molecule has 5 heteroatoms. The quantitative estimate of drug-likeness (QED) is 0.811. The van der Waals surface area contributed by atoms with E-state index in [1.165, 1.54) is 6.42 Å². The second-order valence-electron chi connectivity index (χ2n) is 4.85. The first kappa shape index (κ1) is 12.1. The van der Waals surface area contributed by atoms with Gasteiger partial charge < -0.3 is 11.1 Å². The van der Waals surface area contributed by atoms with E-state index in [2.05, 4.69) is 10.4 Å². The normalized spacial score (nSPS) is 18.9. The van der Waals surface area contributed by atoms with Gasteiger partial charge in [-0.3, -0.25) is 9.48 Å². The average molecular weight is 236 g/mol. The Morgan fingerprint density at radius 2 is 2.24 bits per heavy atom. The van der Waals surface area contributed by atoms with E-state index in [9.17, 15) is 4.79 Å². The van der Waals surface area contributed by atoms with Gasteiger partial charge in [0.1, 0.15) is 0 Å². The summed E-state index contributed by atoms with van der Waals surface area (Å²) in [5.41, 5.74) is 6.47. The van der Waals surface area contributed by atoms with Crippen LogP contribution < -0.4 is 11.1 Å². The summed E-state index contributed by atoms with van der Waals surface area (Å²) in [5, 5.41) is 6.97. The molecule has 0 saturated heterocycles. The van der Waals surface area contributed by atoms with Gasteiger partial charge in [0.2, 0.25) is 5.91 Å². The molecule has 1 aliphatic rings. The highest BCUT2D eigenvalue weighted by molar-refractivity contribution is 5.86. The number of nitrogens with two attached hydrogens (primary N) is 1. The van der Waals surface area contributed by atoms with Crippen LogP contribution in [0.15, 0.2) is 12.3 Å². The predicted molar refractivity (Wildman–Crippen MR) is 65.1 cm³/mol. The lowest BCUT2D eigenvalue weighted by molar-refractivity contribution is -0.127. The van der Waals surface area contributed by atoms with Gasteiger partial charge in [-0.15, -0.1) is 0 Å². The first-order valence-electron chi connectivity index (χ1n) is 6.16. The van der Waals surface area contributed by atoms with Crippen LogP contribution in [0.2, 0.25) is 0 Å². The Kier molecular flexibility index (Phi) is 3.47. The summed E-state index contributed by atoms with van der Waals surface area (Å²) < 4.78 is 1.75. The van der Waals surface area contributed by atoms with Crippen LogP contribution >= 0.6 is 0 Å². The standard InChI is InChI=1S/C12H20N4O/c1-16-10(5-8-15-16)9-14-11(17)12(13)6-3-2-4-7-12/h5,8H,2-4,6-7,9,13H2,1H3,(H,14,17). The molecular weight excluding hydrogens is 216 g/mol. The Morgan fingerprint density at radius 1 is 1.53 bits per heavy atom. The molecule has 0 aromatic carbocycles. The van der Waals surface area contributed by atoms with Crippen molar-refractivity contribution in [2.45, 2.75) is 44.2 Å². The van der Waals surface area contributed by atoms with Gasteiger partial charge in [0, 0.05) is 13.2 Å². The van der Waals surface area contributed by atoms with Gasteiger partial charge in [-0.05, 0) is 18.9 Å². The number of nitrogens with zero attached hydrogens (tertiary/aromatic N) is 2. The molecule has 1 aromatic rings. The number of hydrogen-bond donors (Lipinski definition) is 2. The third kappa shape index (κ3) is 2.66. The van der Waals surface area contributed by atoms with E-state index in [4.69, 9.17) is 5.73 Å². The molecule has 1 aromatic heterocycles. The lowest BCUT2D eigenvalue weighted by Gasteiger charge is -2.31. The molecule has 0 radical (unpaired) electrons. The number of carbonyl (C=O) groups excluding carboxylic acids is 1. The van der Waals surface area contributed by atoms with Crippen LogP contribution in [-0.4, -0.2) is 21.2 Å². The fourth-order valence-electron chi connectivity index (χ4n) is 2.33. The van der Waals surface area contributed by atoms with Gasteiger partial charge in [-0.25, -0.2) is 0 Å². The van der Waals surface area contributed by atoms with Crippen LogP contribution in [0.3, 0.4) is 0 Å². The van der Waals surface area contributed by atoms with Crippen molar-refractivity contribution in [2.75, 3.05) is 0 Å². The predicted octanol–water partition coefficient (Wildman–Crippen LogP) is 0.698. The maximum absolute atomic E-state index is 12.1. The van der Waals surface area contributed by atoms with Crippen LogP contribution in [0, 0.1) is 0 Å². The van der Waals surface area contributed by atoms with Gasteiger partial charge in [-0.2, -0.15) is 5.10 Å². The number of rotatable bonds is 3. The summed E-state index contributed by atoms with van der Waals surface area (Å²) in [6.45, 7) is 0.494. The molecule has 0 aliphatic heterocycles. The summed E-state index contributed by atoms with van der Waals surface area (Å²) in [6.07, 6.45) is 6.61. The lowest BCUT2D eigenvalue weighted by Crippen LogP contribution is -2.54. The van der Waals surface area contributed by atoms with E-state index in [-0.39, 0.29) is 5.91 Å². The minimum atomic E-state index is -0.656. The molecule has 0 unspecified atom stereocenters. The van der Waals surface area contributed by atoms with Crippen molar-refractivity contribution in [1.82, 2.24) is 15.1 Å². The van der Waals surface area contributed by atoms with Crippen LogP contribution in [0.5, 0.6) is 0 Å². The molecular formula is C12H20N4O. The van der Waals surface area contributed by atoms with E-state index in [0.29, 0.717) is 6.54 Å². The first-order chi connectivity index (χ1) is 8.12. The number of nitrogens with one attached hydrogen (secondary N) is 1. The third-order valence-corrected chi connectivity index (χ3v) is 3.55. The van der Waals surface area contributed by atoms with Crippen LogP contribution in [0.1, 0.15) is 37.8 Å². The molecule has 1 fully saturated rings. The first-order valence-corrected chi connectivity index (χ1v) is 6.16. The van der Waals surface area contributed by atoms with Gasteiger partial charge >= 0.3 is 0 Å². The van der Waals surface area contributed by atoms with Crippen LogP contribution in [0.4, 0.5) is 0 Å². The molecule has 1 amide bonds. The highest BCUT2D eigenvalue weighted by atomic mass is 16.2. The summed E-state index contributed by atoms with van der Waals surface area (Å²) in [6, 6.07) is 1.89. The van der Waals surface area contributed by atoms with Gasteiger partial charge in [0.15, 0.2) is 0 Å². The van der Waals surface area contributed by atoms with E-state index in [1.807, 2.05) is 13.1 Å². The van der Waals surface area contributed by atoms with Crippen molar-refractivity contribution in [3.63, 3.8) is 0 Å².